The summed E-state index contributed by atoms with van der Waals surface area (Å²) in [6.07, 6.45) is 1.63. The Bertz CT molecular complexity index is 619. The molecule has 1 aromatic heterocycles. The second-order valence-electron chi connectivity index (χ2n) is 5.01. The smallest absolute Gasteiger partial charge is 0.272 e. The molecule has 0 fully saturated rings. The van der Waals surface area contributed by atoms with Crippen molar-refractivity contribution in [1.82, 2.24) is 15.5 Å². The number of nitrogens with one attached hydrogen (secondary N) is 2. The first kappa shape index (κ1) is 15.0. The third kappa shape index (κ3) is 3.02. The highest BCUT2D eigenvalue weighted by Gasteiger charge is 2.22. The van der Waals surface area contributed by atoms with E-state index in [0.717, 1.165) is 28.2 Å². The van der Waals surface area contributed by atoms with Gasteiger partial charge in [-0.2, -0.15) is 5.10 Å². The highest BCUT2D eigenvalue weighted by atomic mass is 79.9. The third-order valence-electron chi connectivity index (χ3n) is 3.75. The molecule has 0 spiro atoms. The Labute approximate surface area is 126 Å². The molecule has 2 rings (SSSR count). The summed E-state index contributed by atoms with van der Waals surface area (Å²) >= 11 is 3.40. The molecule has 5 nitrogen and oxygen atoms in total. The Morgan fingerprint density at radius 3 is 2.80 bits per heavy atom. The van der Waals surface area contributed by atoms with E-state index < -0.39 is 0 Å². The summed E-state index contributed by atoms with van der Waals surface area (Å²) in [6.45, 7) is 4.49. The highest BCUT2D eigenvalue weighted by Crippen LogP contribution is 2.21. The van der Waals surface area contributed by atoms with Crippen LogP contribution in [0.3, 0.4) is 0 Å². The molecular weight excluding hydrogens is 320 g/mol. The topological polar surface area (TPSA) is 83.8 Å². The number of hydrogen-bond donors (Lipinski definition) is 3. The van der Waals surface area contributed by atoms with Gasteiger partial charge in [-0.3, -0.25) is 9.89 Å². The van der Waals surface area contributed by atoms with Gasteiger partial charge in [-0.25, -0.2) is 0 Å². The van der Waals surface area contributed by atoms with Crippen molar-refractivity contribution in [2.24, 2.45) is 5.73 Å². The van der Waals surface area contributed by atoms with Gasteiger partial charge < -0.3 is 11.1 Å². The predicted octanol–water partition coefficient (Wildman–Crippen LogP) is 2.57. The molecule has 6 heteroatoms. The molecule has 0 atom stereocenters. The van der Waals surface area contributed by atoms with Crippen LogP contribution < -0.4 is 11.1 Å². The molecule has 1 aromatic carbocycles. The van der Waals surface area contributed by atoms with Gasteiger partial charge in [-0.05, 0) is 31.0 Å². The van der Waals surface area contributed by atoms with Crippen LogP contribution in [0.5, 0.6) is 0 Å². The second kappa shape index (κ2) is 5.93. The van der Waals surface area contributed by atoms with Gasteiger partial charge >= 0.3 is 0 Å². The monoisotopic (exact) mass is 338 g/mol. The van der Waals surface area contributed by atoms with Gasteiger partial charge in [-0.1, -0.05) is 29.8 Å². The Balaban J connectivity index is 2.18. The van der Waals surface area contributed by atoms with Crippen LogP contribution in [0.15, 0.2) is 22.7 Å². The minimum absolute atomic E-state index is 0.203. The number of aromatic amines is 1. The van der Waals surface area contributed by atoms with Gasteiger partial charge in [0.2, 0.25) is 0 Å². The number of aromatic nitrogens is 2. The predicted molar refractivity (Wildman–Crippen MR) is 83.6 cm³/mol. The number of halogens is 1. The summed E-state index contributed by atoms with van der Waals surface area (Å²) in [6, 6.07) is 5.67. The lowest BCUT2D eigenvalue weighted by molar-refractivity contribution is 0.0938. The van der Waals surface area contributed by atoms with E-state index in [0.29, 0.717) is 12.2 Å². The number of amides is 1. The Hall–Kier alpha value is -1.40. The zero-order chi connectivity index (χ0) is 14.8. The number of carbonyl (C=O) groups is 1. The van der Waals surface area contributed by atoms with E-state index in [9.17, 15) is 4.79 Å². The van der Waals surface area contributed by atoms with Gasteiger partial charge in [0, 0.05) is 21.9 Å². The van der Waals surface area contributed by atoms with E-state index in [1.807, 2.05) is 32.0 Å². The van der Waals surface area contributed by atoms with E-state index in [1.54, 1.807) is 0 Å². The second-order valence-corrected chi connectivity index (χ2v) is 5.93. The maximum Gasteiger partial charge on any atom is 0.272 e. The zero-order valence-corrected chi connectivity index (χ0v) is 13.3. The largest absolute Gasteiger partial charge is 0.349 e. The van der Waals surface area contributed by atoms with E-state index in [1.165, 1.54) is 0 Å². The molecule has 0 saturated heterocycles. The Morgan fingerprint density at radius 1 is 1.45 bits per heavy atom. The molecule has 0 radical (unpaired) electrons. The molecule has 1 amide bonds. The van der Waals surface area contributed by atoms with Crippen LogP contribution in [0.25, 0.3) is 10.9 Å². The minimum atomic E-state index is -0.359. The fourth-order valence-corrected chi connectivity index (χ4v) is 2.36. The van der Waals surface area contributed by atoms with E-state index in [-0.39, 0.29) is 11.4 Å². The van der Waals surface area contributed by atoms with Crippen molar-refractivity contribution < 1.29 is 4.79 Å². The van der Waals surface area contributed by atoms with Gasteiger partial charge in [0.05, 0.1) is 5.52 Å². The lowest BCUT2D eigenvalue weighted by Gasteiger charge is -2.26. The summed E-state index contributed by atoms with van der Waals surface area (Å²) < 4.78 is 0.913. The molecule has 0 aliphatic carbocycles. The molecule has 0 unspecified atom stereocenters. The summed E-state index contributed by atoms with van der Waals surface area (Å²) in [5.74, 6) is -0.203. The van der Waals surface area contributed by atoms with Gasteiger partial charge in [0.15, 0.2) is 5.69 Å². The molecule has 0 saturated carbocycles. The van der Waals surface area contributed by atoms with Crippen LogP contribution in [-0.2, 0) is 0 Å². The number of rotatable bonds is 5. The maximum atomic E-state index is 12.2. The summed E-state index contributed by atoms with van der Waals surface area (Å²) in [5.41, 5.74) is 7.06. The number of carbonyl (C=O) groups excluding carboxylic acids is 1. The van der Waals surface area contributed by atoms with Crippen LogP contribution >= 0.6 is 15.9 Å². The molecule has 20 heavy (non-hydrogen) atoms. The third-order valence-corrected chi connectivity index (χ3v) is 4.24. The van der Waals surface area contributed by atoms with Crippen LogP contribution in [0, 0.1) is 0 Å². The quantitative estimate of drug-likeness (QED) is 0.783. The number of nitrogens with zero attached hydrogens (tertiary/aromatic N) is 1. The van der Waals surface area contributed by atoms with Crippen molar-refractivity contribution in [3.8, 4) is 0 Å². The van der Waals surface area contributed by atoms with Gasteiger partial charge in [-0.15, -0.1) is 0 Å². The molecule has 2 aromatic rings. The normalized spacial score (nSPS) is 11.8. The highest BCUT2D eigenvalue weighted by molar-refractivity contribution is 9.10. The molecular formula is C14H19BrN4O. The number of fused-ring (bicyclic) bond motifs is 1. The fourth-order valence-electron chi connectivity index (χ4n) is 2.00. The first-order valence-electron chi connectivity index (χ1n) is 6.70. The average molecular weight is 339 g/mol. The SMILES string of the molecule is CCC(N)(CC)CNC(=O)c1n[nH]c2ccc(Br)cc12. The van der Waals surface area contributed by atoms with Crippen molar-refractivity contribution in [1.29, 1.82) is 0 Å². The minimum Gasteiger partial charge on any atom is -0.349 e. The summed E-state index contributed by atoms with van der Waals surface area (Å²) in [4.78, 5) is 12.2. The van der Waals surface area contributed by atoms with Crippen molar-refractivity contribution >= 4 is 32.7 Å². The van der Waals surface area contributed by atoms with Crippen LogP contribution in [0.2, 0.25) is 0 Å². The molecule has 1 heterocycles. The zero-order valence-electron chi connectivity index (χ0n) is 11.7. The Kier molecular flexibility index (Phi) is 4.45. The lowest BCUT2D eigenvalue weighted by atomic mass is 9.94. The van der Waals surface area contributed by atoms with Crippen LogP contribution in [-0.4, -0.2) is 28.2 Å². The number of hydrogen-bond acceptors (Lipinski definition) is 3. The molecule has 0 aliphatic rings. The van der Waals surface area contributed by atoms with E-state index in [2.05, 4.69) is 31.4 Å². The van der Waals surface area contributed by atoms with Crippen LogP contribution in [0.4, 0.5) is 0 Å². The van der Waals surface area contributed by atoms with Crippen molar-refractivity contribution in [3.05, 3.63) is 28.4 Å². The van der Waals surface area contributed by atoms with Gasteiger partial charge in [0.1, 0.15) is 0 Å². The standard InChI is InChI=1S/C14H19BrN4O/c1-3-14(16,4-2)8-17-13(20)12-10-7-9(15)5-6-11(10)18-19-12/h5-7H,3-4,8,16H2,1-2H3,(H,17,20)(H,18,19). The first-order chi connectivity index (χ1) is 9.49. The maximum absolute atomic E-state index is 12.2. The van der Waals surface area contributed by atoms with Crippen molar-refractivity contribution in [3.63, 3.8) is 0 Å². The summed E-state index contributed by atoms with van der Waals surface area (Å²) in [7, 11) is 0. The molecule has 108 valence electrons. The molecule has 0 aliphatic heterocycles. The molecule has 4 N–H and O–H groups in total. The van der Waals surface area contributed by atoms with Crippen LogP contribution in [0.1, 0.15) is 37.2 Å². The lowest BCUT2D eigenvalue weighted by Crippen LogP contribution is -2.49. The number of nitrogens with two attached hydrogens (primary N) is 1. The van der Waals surface area contributed by atoms with E-state index in [4.69, 9.17) is 5.73 Å². The number of benzene rings is 1. The average Bonchev–Trinajstić information content (AvgIpc) is 2.87. The Morgan fingerprint density at radius 2 is 2.15 bits per heavy atom. The van der Waals surface area contributed by atoms with Gasteiger partial charge in [0.25, 0.3) is 5.91 Å². The number of H-pyrrole nitrogens is 1. The summed E-state index contributed by atoms with van der Waals surface area (Å²) in [5, 5.41) is 10.6. The first-order valence-corrected chi connectivity index (χ1v) is 7.49. The fraction of sp³-hybridized carbons (Fsp3) is 0.429. The van der Waals surface area contributed by atoms with Crippen molar-refractivity contribution in [2.75, 3.05) is 6.54 Å². The van der Waals surface area contributed by atoms with Crippen molar-refractivity contribution in [2.45, 2.75) is 32.2 Å². The van der Waals surface area contributed by atoms with E-state index >= 15 is 0 Å². The molecule has 0 bridgehead atoms.